The maximum Gasteiger partial charge on any atom is 0.255 e. The molecule has 0 saturated carbocycles. The van der Waals surface area contributed by atoms with Crippen molar-refractivity contribution in [3.05, 3.63) is 72.1 Å². The van der Waals surface area contributed by atoms with Crippen LogP contribution in [0.5, 0.6) is 0 Å². The lowest BCUT2D eigenvalue weighted by Gasteiger charge is -2.36. The lowest BCUT2D eigenvalue weighted by molar-refractivity contribution is 0.0606. The molecule has 4 rings (SSSR count). The molecule has 2 aromatic heterocycles. The van der Waals surface area contributed by atoms with E-state index in [0.717, 1.165) is 30.4 Å². The number of benzene rings is 1. The van der Waals surface area contributed by atoms with Crippen LogP contribution < -0.4 is 5.73 Å². The van der Waals surface area contributed by atoms with Crippen molar-refractivity contribution in [1.29, 1.82) is 0 Å². The van der Waals surface area contributed by atoms with Gasteiger partial charge in [-0.2, -0.15) is 0 Å². The number of rotatable bonds is 3. The number of pyridine rings is 1. The lowest BCUT2D eigenvalue weighted by atomic mass is 9.93. The van der Waals surface area contributed by atoms with E-state index in [1.54, 1.807) is 42.9 Å². The Balaban J connectivity index is 1.76. The number of anilines is 1. The molecule has 1 atom stereocenters. The first-order chi connectivity index (χ1) is 13.6. The second kappa shape index (κ2) is 7.72. The van der Waals surface area contributed by atoms with Crippen LogP contribution in [0.1, 0.15) is 41.4 Å². The molecule has 3 heterocycles. The van der Waals surface area contributed by atoms with E-state index in [4.69, 9.17) is 5.73 Å². The van der Waals surface area contributed by atoms with Gasteiger partial charge < -0.3 is 10.6 Å². The summed E-state index contributed by atoms with van der Waals surface area (Å²) >= 11 is 0. The van der Waals surface area contributed by atoms with E-state index >= 15 is 0 Å². The highest BCUT2D eigenvalue weighted by Gasteiger charge is 2.32. The first-order valence-electron chi connectivity index (χ1n) is 9.23. The number of nitrogens with two attached hydrogens (primary N) is 1. The minimum Gasteiger partial charge on any atom is -0.368 e. The largest absolute Gasteiger partial charge is 0.368 e. The number of hydrogen-bond donors (Lipinski definition) is 1. The Morgan fingerprint density at radius 3 is 2.71 bits per heavy atom. The predicted octanol–water partition coefficient (Wildman–Crippen LogP) is 3.63. The topological polar surface area (TPSA) is 85.0 Å². The third-order valence-corrected chi connectivity index (χ3v) is 4.98. The minimum atomic E-state index is -0.312. The molecule has 0 spiro atoms. The number of aromatic nitrogens is 3. The van der Waals surface area contributed by atoms with Gasteiger partial charge >= 0.3 is 0 Å². The van der Waals surface area contributed by atoms with E-state index in [-0.39, 0.29) is 23.7 Å². The van der Waals surface area contributed by atoms with Crippen molar-refractivity contribution < 1.29 is 9.18 Å². The van der Waals surface area contributed by atoms with Gasteiger partial charge in [-0.1, -0.05) is 12.1 Å². The third kappa shape index (κ3) is 3.55. The van der Waals surface area contributed by atoms with Gasteiger partial charge in [0.25, 0.3) is 5.91 Å². The number of halogens is 1. The highest BCUT2D eigenvalue weighted by molar-refractivity contribution is 5.94. The first-order valence-corrected chi connectivity index (χ1v) is 9.23. The maximum atomic E-state index is 13.4. The molecule has 1 fully saturated rings. The molecule has 0 unspecified atom stereocenters. The molecule has 1 aliphatic heterocycles. The number of piperidine rings is 1. The van der Waals surface area contributed by atoms with Gasteiger partial charge in [0.05, 0.1) is 17.3 Å². The van der Waals surface area contributed by atoms with E-state index in [1.165, 1.54) is 12.1 Å². The molecule has 7 heteroatoms. The molecule has 3 aromatic rings. The zero-order chi connectivity index (χ0) is 19.5. The summed E-state index contributed by atoms with van der Waals surface area (Å²) in [6.45, 7) is 0.630. The number of hydrogen-bond acceptors (Lipinski definition) is 5. The summed E-state index contributed by atoms with van der Waals surface area (Å²) in [5.41, 5.74) is 8.65. The molecule has 1 saturated heterocycles. The lowest BCUT2D eigenvalue weighted by Crippen LogP contribution is -2.39. The monoisotopic (exact) mass is 377 g/mol. The molecule has 1 aromatic carbocycles. The summed E-state index contributed by atoms with van der Waals surface area (Å²) in [4.78, 5) is 27.6. The van der Waals surface area contributed by atoms with Gasteiger partial charge in [-0.3, -0.25) is 9.78 Å². The van der Waals surface area contributed by atoms with E-state index < -0.39 is 0 Å². The van der Waals surface area contributed by atoms with E-state index in [9.17, 15) is 9.18 Å². The molecule has 1 amide bonds. The fourth-order valence-electron chi connectivity index (χ4n) is 3.63. The van der Waals surface area contributed by atoms with Crippen LogP contribution in [0.2, 0.25) is 0 Å². The molecule has 6 nitrogen and oxygen atoms in total. The van der Waals surface area contributed by atoms with Crippen LogP contribution in [-0.2, 0) is 0 Å². The van der Waals surface area contributed by atoms with Crippen molar-refractivity contribution in [2.24, 2.45) is 0 Å². The van der Waals surface area contributed by atoms with Crippen LogP contribution in [0, 0.1) is 5.82 Å². The van der Waals surface area contributed by atoms with E-state index in [0.29, 0.717) is 17.8 Å². The summed E-state index contributed by atoms with van der Waals surface area (Å²) in [7, 11) is 0. The maximum absolute atomic E-state index is 13.4. The third-order valence-electron chi connectivity index (χ3n) is 4.98. The Bertz CT molecular complexity index is 978. The molecule has 1 aliphatic rings. The average molecular weight is 377 g/mol. The van der Waals surface area contributed by atoms with Crippen molar-refractivity contribution in [3.63, 3.8) is 0 Å². The van der Waals surface area contributed by atoms with Crippen molar-refractivity contribution >= 4 is 11.9 Å². The highest BCUT2D eigenvalue weighted by atomic mass is 19.1. The molecular weight excluding hydrogens is 357 g/mol. The SMILES string of the molecule is Nc1ncc(-c2ccc(F)cc2)c([C@@H]2CCCCN2C(=O)c2cccnc2)n1. The van der Waals surface area contributed by atoms with E-state index in [1.807, 2.05) is 4.90 Å². The first kappa shape index (κ1) is 18.0. The van der Waals surface area contributed by atoms with Gasteiger partial charge in [0, 0.05) is 30.7 Å². The molecule has 0 bridgehead atoms. The quantitative estimate of drug-likeness (QED) is 0.753. The van der Waals surface area contributed by atoms with Crippen LogP contribution in [0.3, 0.4) is 0 Å². The van der Waals surface area contributed by atoms with Crippen LogP contribution in [0.25, 0.3) is 11.1 Å². The molecule has 2 N–H and O–H groups in total. The van der Waals surface area contributed by atoms with Gasteiger partial charge in [0.15, 0.2) is 0 Å². The Morgan fingerprint density at radius 1 is 1.14 bits per heavy atom. The smallest absolute Gasteiger partial charge is 0.255 e. The van der Waals surface area contributed by atoms with Crippen LogP contribution in [0.15, 0.2) is 55.0 Å². The number of nitrogen functional groups attached to an aromatic ring is 1. The number of likely N-dealkylation sites (tertiary alicyclic amines) is 1. The number of nitrogens with zero attached hydrogens (tertiary/aromatic N) is 4. The average Bonchev–Trinajstić information content (AvgIpc) is 2.74. The van der Waals surface area contributed by atoms with Crippen LogP contribution in [0.4, 0.5) is 10.3 Å². The highest BCUT2D eigenvalue weighted by Crippen LogP contribution is 2.36. The van der Waals surface area contributed by atoms with E-state index in [2.05, 4.69) is 15.0 Å². The minimum absolute atomic E-state index is 0.0833. The fraction of sp³-hybridized carbons (Fsp3) is 0.238. The van der Waals surface area contributed by atoms with Crippen molar-refractivity contribution in [1.82, 2.24) is 19.9 Å². The molecule has 0 aliphatic carbocycles. The van der Waals surface area contributed by atoms with Gasteiger partial charge in [0.2, 0.25) is 5.95 Å². The molecule has 28 heavy (non-hydrogen) atoms. The standard InChI is InChI=1S/C21H20FN5O/c22-16-8-6-14(7-9-16)17-13-25-21(23)26-19(17)18-5-1-2-11-27(18)20(28)15-4-3-10-24-12-15/h3-4,6-10,12-13,18H,1-2,5,11H2,(H2,23,25,26)/t18-/m0/s1. The summed E-state index contributed by atoms with van der Waals surface area (Å²) in [5, 5.41) is 0. The zero-order valence-corrected chi connectivity index (χ0v) is 15.3. The Morgan fingerprint density at radius 2 is 1.96 bits per heavy atom. The molecule has 0 radical (unpaired) electrons. The Hall–Kier alpha value is -3.35. The van der Waals surface area contributed by atoms with Crippen molar-refractivity contribution in [3.8, 4) is 11.1 Å². The predicted molar refractivity (Wildman–Crippen MR) is 104 cm³/mol. The number of carbonyl (C=O) groups is 1. The van der Waals surface area contributed by atoms with Crippen LogP contribution >= 0.6 is 0 Å². The summed E-state index contributed by atoms with van der Waals surface area (Å²) in [5.74, 6) is -0.243. The van der Waals surface area contributed by atoms with Gasteiger partial charge in [-0.25, -0.2) is 14.4 Å². The molecule has 142 valence electrons. The van der Waals surface area contributed by atoms with Gasteiger partial charge in [0.1, 0.15) is 5.82 Å². The van der Waals surface area contributed by atoms with Gasteiger partial charge in [-0.15, -0.1) is 0 Å². The van der Waals surface area contributed by atoms with Crippen LogP contribution in [-0.4, -0.2) is 32.3 Å². The second-order valence-electron chi connectivity index (χ2n) is 6.79. The van der Waals surface area contributed by atoms with Crippen molar-refractivity contribution in [2.75, 3.05) is 12.3 Å². The normalized spacial score (nSPS) is 16.8. The van der Waals surface area contributed by atoms with Gasteiger partial charge in [-0.05, 0) is 49.1 Å². The Kier molecular flexibility index (Phi) is 4.97. The zero-order valence-electron chi connectivity index (χ0n) is 15.3. The summed E-state index contributed by atoms with van der Waals surface area (Å²) < 4.78 is 13.4. The summed E-state index contributed by atoms with van der Waals surface area (Å²) in [6, 6.07) is 9.44. The number of carbonyl (C=O) groups excluding carboxylic acids is 1. The fourth-order valence-corrected chi connectivity index (χ4v) is 3.63. The van der Waals surface area contributed by atoms with Crippen molar-refractivity contribution in [2.45, 2.75) is 25.3 Å². The summed E-state index contributed by atoms with van der Waals surface area (Å²) in [6.07, 6.45) is 7.54. The number of amides is 1. The Labute approximate surface area is 162 Å². The molecular formula is C21H20FN5O. The second-order valence-corrected chi connectivity index (χ2v) is 6.79.